The average Bonchev–Trinajstić information content (AvgIpc) is 2.82. The normalized spacial score (nSPS) is 16.4. The maximum absolute atomic E-state index is 13.4. The summed E-state index contributed by atoms with van der Waals surface area (Å²) in [6.07, 6.45) is -4.83. The summed E-state index contributed by atoms with van der Waals surface area (Å²) in [7, 11) is 0. The highest BCUT2D eigenvalue weighted by Gasteiger charge is 2.37. The van der Waals surface area contributed by atoms with Gasteiger partial charge in [0.15, 0.2) is 0 Å². The van der Waals surface area contributed by atoms with Gasteiger partial charge in [-0.15, -0.1) is 0 Å². The molecule has 1 atom stereocenters. The summed E-state index contributed by atoms with van der Waals surface area (Å²) in [5.74, 6) is 0. The fourth-order valence-corrected chi connectivity index (χ4v) is 4.08. The molecule has 0 amide bonds. The molecule has 1 fully saturated rings. The number of pyridine rings is 2. The van der Waals surface area contributed by atoms with Crippen molar-refractivity contribution < 1.29 is 31.1 Å². The third-order valence-corrected chi connectivity index (χ3v) is 5.72. The lowest BCUT2D eigenvalue weighted by Gasteiger charge is -2.35. The van der Waals surface area contributed by atoms with Crippen LogP contribution in [-0.4, -0.2) is 41.2 Å². The molecule has 0 saturated carbocycles. The number of halogens is 6. The van der Waals surface area contributed by atoms with Gasteiger partial charge in [-0.1, -0.05) is 12.1 Å². The van der Waals surface area contributed by atoms with E-state index in [2.05, 4.69) is 14.9 Å². The number of ether oxygens (including phenoxy) is 1. The van der Waals surface area contributed by atoms with Gasteiger partial charge in [0.2, 0.25) is 0 Å². The summed E-state index contributed by atoms with van der Waals surface area (Å²) >= 11 is 0. The highest BCUT2D eigenvalue weighted by atomic mass is 19.4. The minimum atomic E-state index is -4.93. The Kier molecular flexibility index (Phi) is 6.90. The zero-order valence-corrected chi connectivity index (χ0v) is 17.9. The molecule has 2 aromatic heterocycles. The second kappa shape index (κ2) is 9.71. The summed E-state index contributed by atoms with van der Waals surface area (Å²) < 4.78 is 85.9. The lowest BCUT2D eigenvalue weighted by molar-refractivity contribution is -0.143. The molecule has 0 bridgehead atoms. The third kappa shape index (κ3) is 5.56. The maximum Gasteiger partial charge on any atom is 0.416 e. The number of nitrogens with zero attached hydrogens (tertiary/aromatic N) is 3. The molecule has 4 nitrogen and oxygen atoms in total. The highest BCUT2D eigenvalue weighted by Crippen LogP contribution is 2.39. The number of benzene rings is 1. The Bertz CT molecular complexity index is 1080. The zero-order valence-electron chi connectivity index (χ0n) is 17.9. The minimum absolute atomic E-state index is 0.0845. The Labute approximate surface area is 192 Å². The van der Waals surface area contributed by atoms with Crippen LogP contribution in [0.3, 0.4) is 0 Å². The Hall–Kier alpha value is -2.98. The fourth-order valence-electron chi connectivity index (χ4n) is 4.08. The van der Waals surface area contributed by atoms with Gasteiger partial charge in [-0.05, 0) is 47.9 Å². The molecular weight excluding hydrogens is 460 g/mol. The van der Waals surface area contributed by atoms with Crippen LogP contribution in [0.1, 0.15) is 28.3 Å². The van der Waals surface area contributed by atoms with Gasteiger partial charge in [-0.25, -0.2) is 0 Å². The van der Waals surface area contributed by atoms with E-state index >= 15 is 0 Å². The molecule has 180 valence electrons. The van der Waals surface area contributed by atoms with Crippen LogP contribution in [0, 0.1) is 0 Å². The molecule has 4 rings (SSSR count). The van der Waals surface area contributed by atoms with Crippen molar-refractivity contribution in [3.05, 3.63) is 83.3 Å². The van der Waals surface area contributed by atoms with Crippen LogP contribution >= 0.6 is 0 Å². The van der Waals surface area contributed by atoms with Crippen LogP contribution in [-0.2, 0) is 23.5 Å². The predicted molar refractivity (Wildman–Crippen MR) is 113 cm³/mol. The first-order valence-electron chi connectivity index (χ1n) is 10.6. The van der Waals surface area contributed by atoms with Crippen molar-refractivity contribution in [1.82, 2.24) is 14.9 Å². The van der Waals surface area contributed by atoms with Crippen LogP contribution in [0.5, 0.6) is 0 Å². The summed E-state index contributed by atoms with van der Waals surface area (Å²) in [5.41, 5.74) is -1.46. The smallest absolute Gasteiger partial charge is 0.379 e. The molecule has 0 radical (unpaired) electrons. The molecule has 0 aliphatic carbocycles. The molecule has 3 aromatic rings. The first-order valence-corrected chi connectivity index (χ1v) is 10.6. The zero-order chi connectivity index (χ0) is 24.3. The molecule has 0 N–H and O–H groups in total. The van der Waals surface area contributed by atoms with Crippen LogP contribution in [0.15, 0.2) is 61.1 Å². The Morgan fingerprint density at radius 3 is 2.12 bits per heavy atom. The Morgan fingerprint density at radius 2 is 1.53 bits per heavy atom. The average molecular weight is 481 g/mol. The largest absolute Gasteiger partial charge is 0.416 e. The topological polar surface area (TPSA) is 38.2 Å². The van der Waals surface area contributed by atoms with Crippen molar-refractivity contribution in [2.24, 2.45) is 0 Å². The summed E-state index contributed by atoms with van der Waals surface area (Å²) in [4.78, 5) is 10.5. The van der Waals surface area contributed by atoms with Gasteiger partial charge >= 0.3 is 12.4 Å². The molecule has 1 saturated heterocycles. The van der Waals surface area contributed by atoms with Crippen LogP contribution in [0.4, 0.5) is 26.3 Å². The van der Waals surface area contributed by atoms with E-state index in [1.165, 1.54) is 6.20 Å². The number of morpholine rings is 1. The number of alkyl halides is 6. The second-order valence-corrected chi connectivity index (χ2v) is 7.96. The molecule has 10 heteroatoms. The van der Waals surface area contributed by atoms with Gasteiger partial charge in [0, 0.05) is 43.3 Å². The quantitative estimate of drug-likeness (QED) is 0.432. The van der Waals surface area contributed by atoms with Crippen molar-refractivity contribution in [2.75, 3.05) is 26.3 Å². The number of rotatable bonds is 5. The van der Waals surface area contributed by atoms with Crippen molar-refractivity contribution in [2.45, 2.75) is 24.8 Å². The van der Waals surface area contributed by atoms with E-state index in [1.807, 2.05) is 6.07 Å². The van der Waals surface area contributed by atoms with Crippen molar-refractivity contribution >= 4 is 0 Å². The van der Waals surface area contributed by atoms with Gasteiger partial charge in [0.25, 0.3) is 0 Å². The first-order chi connectivity index (χ1) is 16.1. The van der Waals surface area contributed by atoms with E-state index < -0.39 is 23.5 Å². The van der Waals surface area contributed by atoms with Crippen molar-refractivity contribution in [3.8, 4) is 11.3 Å². The summed E-state index contributed by atoms with van der Waals surface area (Å²) in [6, 6.07) is 8.34. The number of hydrogen-bond acceptors (Lipinski definition) is 4. The molecule has 1 unspecified atom stereocenters. The summed E-state index contributed by atoms with van der Waals surface area (Å²) in [6.45, 7) is 2.33. The van der Waals surface area contributed by atoms with Gasteiger partial charge in [-0.3, -0.25) is 14.9 Å². The number of hydrogen-bond donors (Lipinski definition) is 0. The molecule has 0 spiro atoms. The van der Waals surface area contributed by atoms with Gasteiger partial charge in [0.1, 0.15) is 0 Å². The van der Waals surface area contributed by atoms with E-state index in [9.17, 15) is 26.3 Å². The van der Waals surface area contributed by atoms with Gasteiger partial charge < -0.3 is 4.74 Å². The van der Waals surface area contributed by atoms with Crippen LogP contribution < -0.4 is 0 Å². The summed E-state index contributed by atoms with van der Waals surface area (Å²) in [5, 5.41) is 0. The van der Waals surface area contributed by atoms with E-state index in [4.69, 9.17) is 4.74 Å². The third-order valence-electron chi connectivity index (χ3n) is 5.72. The van der Waals surface area contributed by atoms with Crippen LogP contribution in [0.25, 0.3) is 11.3 Å². The lowest BCUT2D eigenvalue weighted by atomic mass is 9.93. The maximum atomic E-state index is 13.4. The van der Waals surface area contributed by atoms with E-state index in [0.717, 1.165) is 17.7 Å². The molecule has 3 heterocycles. The highest BCUT2D eigenvalue weighted by molar-refractivity contribution is 5.65. The SMILES string of the molecule is FC(F)(F)c1cc(-c2ncccc2CC(c2cccnc2)N2CCOCC2)cc(C(F)(F)F)c1. The minimum Gasteiger partial charge on any atom is -0.379 e. The second-order valence-electron chi connectivity index (χ2n) is 7.96. The van der Waals surface area contributed by atoms with Crippen molar-refractivity contribution in [1.29, 1.82) is 0 Å². The molecule has 1 aliphatic heterocycles. The molecule has 1 aromatic carbocycles. The fraction of sp³-hybridized carbons (Fsp3) is 0.333. The monoisotopic (exact) mass is 481 g/mol. The number of aromatic nitrogens is 2. The Morgan fingerprint density at radius 1 is 0.882 bits per heavy atom. The molecule has 1 aliphatic rings. The van der Waals surface area contributed by atoms with E-state index in [1.54, 1.807) is 30.6 Å². The van der Waals surface area contributed by atoms with Gasteiger partial charge in [0.05, 0.1) is 30.0 Å². The predicted octanol–water partition coefficient (Wildman–Crippen LogP) is 5.80. The molecular formula is C24H21F6N3O. The standard InChI is InChI=1S/C24H21F6N3O/c25-23(26,27)19-11-18(12-20(14-19)24(28,29)30)22-16(3-2-6-32-22)13-21(17-4-1-5-31-15-17)33-7-9-34-10-8-33/h1-6,11-12,14-15,21H,7-10,13H2. The lowest BCUT2D eigenvalue weighted by Crippen LogP contribution is -2.40. The first kappa shape index (κ1) is 24.2. The van der Waals surface area contributed by atoms with E-state index in [-0.39, 0.29) is 23.4 Å². The van der Waals surface area contributed by atoms with Gasteiger partial charge in [-0.2, -0.15) is 26.3 Å². The molecule has 34 heavy (non-hydrogen) atoms. The van der Waals surface area contributed by atoms with Crippen LogP contribution in [0.2, 0.25) is 0 Å². The van der Waals surface area contributed by atoms with E-state index in [0.29, 0.717) is 38.3 Å². The van der Waals surface area contributed by atoms with Crippen molar-refractivity contribution in [3.63, 3.8) is 0 Å². The Balaban J connectivity index is 1.78.